The minimum Gasteiger partial charge on any atom is -0.394 e. The molecule has 0 amide bonds. The largest absolute Gasteiger partial charge is 0.394 e. The van der Waals surface area contributed by atoms with Crippen molar-refractivity contribution in [3.05, 3.63) is 46.8 Å². The van der Waals surface area contributed by atoms with Crippen molar-refractivity contribution in [1.29, 1.82) is 0 Å². The van der Waals surface area contributed by atoms with E-state index < -0.39 is 10.2 Å². The topological polar surface area (TPSA) is 51.5 Å². The Morgan fingerprint density at radius 3 is 2.70 bits per heavy atom. The zero-order chi connectivity index (χ0) is 14.5. The lowest BCUT2D eigenvalue weighted by molar-refractivity contribution is -0.0269. The van der Waals surface area contributed by atoms with Crippen LogP contribution in [0.4, 0.5) is 0 Å². The van der Waals surface area contributed by atoms with Crippen molar-refractivity contribution in [2.45, 2.75) is 19.9 Å². The Balaban J connectivity index is 2.11. The molecule has 0 spiro atoms. The van der Waals surface area contributed by atoms with Crippen LogP contribution >= 0.6 is 15.9 Å². The summed E-state index contributed by atoms with van der Waals surface area (Å²) < 4.78 is 28.5. The third kappa shape index (κ3) is 2.06. The van der Waals surface area contributed by atoms with Gasteiger partial charge in [0.25, 0.3) is 0 Å². The fourth-order valence-electron chi connectivity index (χ4n) is 2.29. The molecule has 0 radical (unpaired) electrons. The van der Waals surface area contributed by atoms with Crippen LogP contribution in [0.25, 0.3) is 10.9 Å². The molecule has 1 aliphatic heterocycles. The molecular weight excluding hydrogens is 344 g/mol. The Morgan fingerprint density at radius 2 is 2.05 bits per heavy atom. The highest BCUT2D eigenvalue weighted by Crippen LogP contribution is 2.27. The van der Waals surface area contributed by atoms with Gasteiger partial charge in [0.15, 0.2) is 0 Å². The molecule has 1 aliphatic rings. The van der Waals surface area contributed by atoms with E-state index in [4.69, 9.17) is 4.84 Å². The van der Waals surface area contributed by atoms with Crippen LogP contribution in [0, 0.1) is 0 Å². The van der Waals surface area contributed by atoms with E-state index in [0.717, 1.165) is 14.3 Å². The van der Waals surface area contributed by atoms with Gasteiger partial charge in [0.2, 0.25) is 0 Å². The first-order chi connectivity index (χ1) is 9.39. The molecule has 7 heteroatoms. The Morgan fingerprint density at radius 1 is 1.30 bits per heavy atom. The molecule has 1 aromatic heterocycles. The van der Waals surface area contributed by atoms with Crippen LogP contribution in [-0.2, 0) is 15.0 Å². The van der Waals surface area contributed by atoms with Gasteiger partial charge in [-0.3, -0.25) is 0 Å². The summed E-state index contributed by atoms with van der Waals surface area (Å²) in [5.74, 6) is 0.584. The van der Waals surface area contributed by atoms with Crippen molar-refractivity contribution in [3.8, 4) is 0 Å². The fourth-order valence-corrected chi connectivity index (χ4v) is 4.16. The summed E-state index contributed by atoms with van der Waals surface area (Å²) in [6.45, 7) is 3.51. The fraction of sp³-hybridized carbons (Fsp3) is 0.231. The summed E-state index contributed by atoms with van der Waals surface area (Å²) in [7, 11) is -3.76. The van der Waals surface area contributed by atoms with Crippen molar-refractivity contribution >= 4 is 37.0 Å². The van der Waals surface area contributed by atoms with E-state index in [1.807, 2.05) is 12.1 Å². The van der Waals surface area contributed by atoms with Gasteiger partial charge in [-0.2, -0.15) is 8.42 Å². The van der Waals surface area contributed by atoms with Crippen LogP contribution in [0.3, 0.4) is 0 Å². The van der Waals surface area contributed by atoms with E-state index in [9.17, 15) is 8.42 Å². The van der Waals surface area contributed by atoms with Crippen molar-refractivity contribution in [2.24, 2.45) is 0 Å². The monoisotopic (exact) mass is 356 g/mol. The molecule has 0 N–H and O–H groups in total. The third-order valence-electron chi connectivity index (χ3n) is 3.13. The second-order valence-corrected chi connectivity index (χ2v) is 7.25. The van der Waals surface area contributed by atoms with Gasteiger partial charge in [0.1, 0.15) is 5.76 Å². The smallest absolute Gasteiger partial charge is 0.339 e. The van der Waals surface area contributed by atoms with Crippen LogP contribution in [0.2, 0.25) is 0 Å². The predicted molar refractivity (Wildman–Crippen MR) is 80.1 cm³/mol. The number of hydrogen-bond donors (Lipinski definition) is 0. The van der Waals surface area contributed by atoms with Crippen LogP contribution in [0.1, 0.15) is 13.8 Å². The number of rotatable bonds is 2. The van der Waals surface area contributed by atoms with Crippen LogP contribution < -0.4 is 0 Å². The van der Waals surface area contributed by atoms with Crippen LogP contribution in [-0.4, -0.2) is 22.9 Å². The average Bonchev–Trinajstić information content (AvgIpc) is 2.92. The molecule has 2 heterocycles. The zero-order valence-electron chi connectivity index (χ0n) is 10.9. The summed E-state index contributed by atoms with van der Waals surface area (Å²) in [4.78, 5) is 5.31. The lowest BCUT2D eigenvalue weighted by atomic mass is 10.3. The highest BCUT2D eigenvalue weighted by molar-refractivity contribution is 9.10. The second kappa shape index (κ2) is 4.61. The molecule has 1 aromatic carbocycles. The number of hydrogen-bond acceptors (Lipinski definition) is 3. The van der Waals surface area contributed by atoms with Gasteiger partial charge in [0, 0.05) is 16.1 Å². The molecule has 5 nitrogen and oxygen atoms in total. The number of nitrogens with zero attached hydrogens (tertiary/aromatic N) is 2. The number of aromatic nitrogens is 1. The maximum Gasteiger partial charge on any atom is 0.339 e. The van der Waals surface area contributed by atoms with Gasteiger partial charge >= 0.3 is 10.2 Å². The summed E-state index contributed by atoms with van der Waals surface area (Å²) in [5.41, 5.74) is 0.619. The molecule has 20 heavy (non-hydrogen) atoms. The summed E-state index contributed by atoms with van der Waals surface area (Å²) in [5, 5.41) is 0.847. The van der Waals surface area contributed by atoms with E-state index in [-0.39, 0.29) is 6.04 Å². The maximum atomic E-state index is 12.7. The normalized spacial score (nSPS) is 20.1. The van der Waals surface area contributed by atoms with E-state index in [0.29, 0.717) is 11.3 Å². The van der Waals surface area contributed by atoms with Gasteiger partial charge in [0.05, 0.1) is 11.6 Å². The van der Waals surface area contributed by atoms with Crippen molar-refractivity contribution in [1.82, 2.24) is 8.44 Å². The first-order valence-electron chi connectivity index (χ1n) is 6.07. The molecule has 0 bridgehead atoms. The lowest BCUT2D eigenvalue weighted by Crippen LogP contribution is -2.37. The maximum absolute atomic E-state index is 12.7. The van der Waals surface area contributed by atoms with Gasteiger partial charge in [-0.1, -0.05) is 15.9 Å². The number of halogens is 1. The van der Waals surface area contributed by atoms with Gasteiger partial charge in [-0.25, -0.2) is 3.97 Å². The highest BCUT2D eigenvalue weighted by atomic mass is 79.9. The molecule has 0 aliphatic carbocycles. The minimum atomic E-state index is -3.76. The Bertz CT molecular complexity index is 810. The van der Waals surface area contributed by atoms with E-state index in [1.54, 1.807) is 32.1 Å². The van der Waals surface area contributed by atoms with Crippen molar-refractivity contribution in [3.63, 3.8) is 0 Å². The minimum absolute atomic E-state index is 0.326. The summed E-state index contributed by atoms with van der Waals surface area (Å²) in [6, 6.07) is 6.88. The van der Waals surface area contributed by atoms with Crippen LogP contribution in [0.5, 0.6) is 0 Å². The lowest BCUT2D eigenvalue weighted by Gasteiger charge is -2.20. The Labute approximate surface area is 125 Å². The SMILES string of the molecule is CC1=CC(C)N(S(=O)(=O)n2ccc3cc(Br)ccc32)O1. The number of benzene rings is 1. The summed E-state index contributed by atoms with van der Waals surface area (Å²) >= 11 is 3.37. The number of hydroxylamine groups is 1. The Hall–Kier alpha value is -1.31. The molecule has 0 fully saturated rings. The number of fused-ring (bicyclic) bond motifs is 1. The highest BCUT2D eigenvalue weighted by Gasteiger charge is 2.35. The first-order valence-corrected chi connectivity index (χ1v) is 8.26. The first kappa shape index (κ1) is 13.7. The van der Waals surface area contributed by atoms with Crippen molar-refractivity contribution in [2.75, 3.05) is 0 Å². The van der Waals surface area contributed by atoms with Crippen molar-refractivity contribution < 1.29 is 13.3 Å². The molecule has 0 saturated carbocycles. The molecule has 1 atom stereocenters. The Kier molecular flexibility index (Phi) is 3.15. The second-order valence-electron chi connectivity index (χ2n) is 4.69. The molecule has 1 unspecified atom stereocenters. The van der Waals surface area contributed by atoms with E-state index in [2.05, 4.69) is 15.9 Å². The average molecular weight is 357 g/mol. The molecule has 2 aromatic rings. The standard InChI is InChI=1S/C13H13BrN2O3S/c1-9-7-10(2)19-16(9)20(17,18)15-6-5-11-8-12(14)3-4-13(11)15/h3-9H,1-2H3. The quantitative estimate of drug-likeness (QED) is 0.830. The van der Waals surface area contributed by atoms with Gasteiger partial charge in [-0.15, -0.1) is 0 Å². The third-order valence-corrected chi connectivity index (χ3v) is 5.31. The zero-order valence-corrected chi connectivity index (χ0v) is 13.3. The number of allylic oxidation sites excluding steroid dienone is 1. The van der Waals surface area contributed by atoms with Gasteiger partial charge < -0.3 is 4.84 Å². The molecule has 0 saturated heterocycles. The molecule has 3 rings (SSSR count). The summed E-state index contributed by atoms with van der Waals surface area (Å²) in [6.07, 6.45) is 3.30. The van der Waals surface area contributed by atoms with E-state index in [1.165, 1.54) is 10.2 Å². The van der Waals surface area contributed by atoms with Crippen LogP contribution in [0.15, 0.2) is 46.8 Å². The van der Waals surface area contributed by atoms with Gasteiger partial charge in [-0.05, 0) is 48.7 Å². The van der Waals surface area contributed by atoms with E-state index >= 15 is 0 Å². The molecule has 106 valence electrons. The predicted octanol–water partition coefficient (Wildman–Crippen LogP) is 3.04. The molecular formula is C13H13BrN2O3S.